The van der Waals surface area contributed by atoms with Crippen molar-refractivity contribution in [1.82, 2.24) is 0 Å². The zero-order valence-electron chi connectivity index (χ0n) is 7.35. The SMILES string of the molecule is Oc1ccc(N2CCC(O)C2)cc1. The average Bonchev–Trinajstić information content (AvgIpc) is 2.53. The van der Waals surface area contributed by atoms with Crippen LogP contribution in [0.1, 0.15) is 6.42 Å². The van der Waals surface area contributed by atoms with Gasteiger partial charge < -0.3 is 15.1 Å². The van der Waals surface area contributed by atoms with Gasteiger partial charge in [-0.05, 0) is 30.7 Å². The van der Waals surface area contributed by atoms with Crippen LogP contribution in [0.2, 0.25) is 0 Å². The van der Waals surface area contributed by atoms with Crippen LogP contribution in [0.4, 0.5) is 5.69 Å². The van der Waals surface area contributed by atoms with Gasteiger partial charge in [-0.2, -0.15) is 0 Å². The van der Waals surface area contributed by atoms with E-state index in [-0.39, 0.29) is 11.9 Å². The van der Waals surface area contributed by atoms with Crippen LogP contribution in [0.25, 0.3) is 0 Å². The van der Waals surface area contributed by atoms with Gasteiger partial charge in [0.25, 0.3) is 0 Å². The molecule has 1 heterocycles. The number of rotatable bonds is 1. The van der Waals surface area contributed by atoms with E-state index in [1.807, 2.05) is 12.1 Å². The molecule has 1 saturated heterocycles. The minimum absolute atomic E-state index is 0.200. The molecule has 3 heteroatoms. The Balaban J connectivity index is 2.13. The highest BCUT2D eigenvalue weighted by molar-refractivity contribution is 5.49. The van der Waals surface area contributed by atoms with Gasteiger partial charge in [-0.1, -0.05) is 0 Å². The Morgan fingerprint density at radius 1 is 1.23 bits per heavy atom. The van der Waals surface area contributed by atoms with E-state index in [4.69, 9.17) is 5.11 Å². The average molecular weight is 179 g/mol. The van der Waals surface area contributed by atoms with E-state index in [1.54, 1.807) is 12.1 Å². The molecule has 1 aliphatic heterocycles. The number of nitrogens with zero attached hydrogens (tertiary/aromatic N) is 1. The highest BCUT2D eigenvalue weighted by Crippen LogP contribution is 2.22. The van der Waals surface area contributed by atoms with Crippen LogP contribution in [-0.4, -0.2) is 29.4 Å². The molecule has 0 spiro atoms. The van der Waals surface area contributed by atoms with Gasteiger partial charge in [0, 0.05) is 18.8 Å². The first-order chi connectivity index (χ1) is 6.25. The first-order valence-corrected chi connectivity index (χ1v) is 4.48. The molecule has 1 aliphatic rings. The summed E-state index contributed by atoms with van der Waals surface area (Å²) in [4.78, 5) is 2.12. The van der Waals surface area contributed by atoms with Crippen molar-refractivity contribution < 1.29 is 10.2 Å². The number of aliphatic hydroxyl groups is 1. The third kappa shape index (κ3) is 1.75. The lowest BCUT2D eigenvalue weighted by molar-refractivity contribution is 0.198. The Hall–Kier alpha value is -1.22. The minimum atomic E-state index is -0.200. The molecule has 0 aliphatic carbocycles. The Morgan fingerprint density at radius 3 is 2.46 bits per heavy atom. The van der Waals surface area contributed by atoms with Crippen molar-refractivity contribution in [2.75, 3.05) is 18.0 Å². The lowest BCUT2D eigenvalue weighted by Gasteiger charge is -2.17. The number of anilines is 1. The van der Waals surface area contributed by atoms with E-state index in [1.165, 1.54) is 0 Å². The van der Waals surface area contributed by atoms with Crippen molar-refractivity contribution in [1.29, 1.82) is 0 Å². The van der Waals surface area contributed by atoms with Crippen molar-refractivity contribution in [2.24, 2.45) is 0 Å². The number of aromatic hydroxyl groups is 1. The van der Waals surface area contributed by atoms with Gasteiger partial charge in [-0.25, -0.2) is 0 Å². The standard InChI is InChI=1S/C10H13NO2/c12-9-3-1-8(2-4-9)11-6-5-10(13)7-11/h1-4,10,12-13H,5-7H2. The molecule has 0 radical (unpaired) electrons. The normalized spacial score (nSPS) is 22.2. The lowest BCUT2D eigenvalue weighted by Crippen LogP contribution is -2.20. The van der Waals surface area contributed by atoms with Crippen LogP contribution in [0, 0.1) is 0 Å². The predicted molar refractivity (Wildman–Crippen MR) is 50.9 cm³/mol. The number of hydrogen-bond acceptors (Lipinski definition) is 3. The van der Waals surface area contributed by atoms with Gasteiger partial charge in [0.05, 0.1) is 6.10 Å². The number of β-amino-alcohol motifs (C(OH)–C–C–N with tert-alkyl or cyclic N) is 1. The van der Waals surface area contributed by atoms with Crippen molar-refractivity contribution in [3.05, 3.63) is 24.3 Å². The number of benzene rings is 1. The highest BCUT2D eigenvalue weighted by atomic mass is 16.3. The maximum absolute atomic E-state index is 9.32. The molecule has 0 bridgehead atoms. The molecule has 2 rings (SSSR count). The van der Waals surface area contributed by atoms with E-state index in [0.717, 1.165) is 18.7 Å². The third-order valence-corrected chi connectivity index (χ3v) is 2.38. The largest absolute Gasteiger partial charge is 0.508 e. The molecule has 3 nitrogen and oxygen atoms in total. The number of phenolic OH excluding ortho intramolecular Hbond substituents is 1. The quantitative estimate of drug-likeness (QED) is 0.675. The summed E-state index contributed by atoms with van der Waals surface area (Å²) >= 11 is 0. The number of phenols is 1. The zero-order chi connectivity index (χ0) is 9.26. The molecule has 70 valence electrons. The molecule has 0 saturated carbocycles. The Labute approximate surface area is 77.2 Å². The van der Waals surface area contributed by atoms with Gasteiger partial charge in [-0.3, -0.25) is 0 Å². The number of aliphatic hydroxyl groups excluding tert-OH is 1. The van der Waals surface area contributed by atoms with Crippen LogP contribution < -0.4 is 4.90 Å². The molecule has 1 unspecified atom stereocenters. The van der Waals surface area contributed by atoms with E-state index in [0.29, 0.717) is 6.54 Å². The lowest BCUT2D eigenvalue weighted by atomic mass is 10.3. The predicted octanol–water partition coefficient (Wildman–Crippen LogP) is 0.963. The maximum Gasteiger partial charge on any atom is 0.115 e. The van der Waals surface area contributed by atoms with Crippen molar-refractivity contribution in [2.45, 2.75) is 12.5 Å². The summed E-state index contributed by atoms with van der Waals surface area (Å²) in [5.74, 6) is 0.281. The summed E-state index contributed by atoms with van der Waals surface area (Å²) in [6, 6.07) is 7.07. The second-order valence-corrected chi connectivity index (χ2v) is 3.40. The smallest absolute Gasteiger partial charge is 0.115 e. The van der Waals surface area contributed by atoms with Gasteiger partial charge in [0.15, 0.2) is 0 Å². The molecule has 0 aromatic heterocycles. The monoisotopic (exact) mass is 179 g/mol. The topological polar surface area (TPSA) is 43.7 Å². The summed E-state index contributed by atoms with van der Waals surface area (Å²) in [6.45, 7) is 1.59. The molecule has 1 aromatic rings. The Kier molecular flexibility index (Phi) is 2.10. The number of hydrogen-bond donors (Lipinski definition) is 2. The zero-order valence-corrected chi connectivity index (χ0v) is 7.35. The molecule has 13 heavy (non-hydrogen) atoms. The fourth-order valence-corrected chi connectivity index (χ4v) is 1.64. The second-order valence-electron chi connectivity index (χ2n) is 3.40. The minimum Gasteiger partial charge on any atom is -0.508 e. The summed E-state index contributed by atoms with van der Waals surface area (Å²) in [6.07, 6.45) is 0.634. The van der Waals surface area contributed by atoms with Gasteiger partial charge in [0.1, 0.15) is 5.75 Å². The molecule has 1 aromatic carbocycles. The van der Waals surface area contributed by atoms with Crippen LogP contribution in [0.3, 0.4) is 0 Å². The summed E-state index contributed by atoms with van der Waals surface area (Å²) < 4.78 is 0. The summed E-state index contributed by atoms with van der Waals surface area (Å²) in [7, 11) is 0. The van der Waals surface area contributed by atoms with Crippen LogP contribution in [0.5, 0.6) is 5.75 Å². The molecular weight excluding hydrogens is 166 g/mol. The molecule has 1 atom stereocenters. The Bertz CT molecular complexity index is 283. The van der Waals surface area contributed by atoms with E-state index < -0.39 is 0 Å². The summed E-state index contributed by atoms with van der Waals surface area (Å²) in [5, 5.41) is 18.4. The highest BCUT2D eigenvalue weighted by Gasteiger charge is 2.19. The first-order valence-electron chi connectivity index (χ1n) is 4.48. The summed E-state index contributed by atoms with van der Waals surface area (Å²) in [5.41, 5.74) is 1.06. The van der Waals surface area contributed by atoms with Crippen LogP contribution >= 0.6 is 0 Å². The molecular formula is C10H13NO2. The van der Waals surface area contributed by atoms with Gasteiger partial charge in [0.2, 0.25) is 0 Å². The molecule has 0 amide bonds. The molecule has 2 N–H and O–H groups in total. The van der Waals surface area contributed by atoms with Crippen molar-refractivity contribution >= 4 is 5.69 Å². The first kappa shape index (κ1) is 8.38. The van der Waals surface area contributed by atoms with Gasteiger partial charge >= 0.3 is 0 Å². The van der Waals surface area contributed by atoms with Crippen LogP contribution in [-0.2, 0) is 0 Å². The van der Waals surface area contributed by atoms with E-state index in [2.05, 4.69) is 4.90 Å². The molecule has 1 fully saturated rings. The Morgan fingerprint density at radius 2 is 1.92 bits per heavy atom. The van der Waals surface area contributed by atoms with E-state index in [9.17, 15) is 5.11 Å². The van der Waals surface area contributed by atoms with Gasteiger partial charge in [-0.15, -0.1) is 0 Å². The fraction of sp³-hybridized carbons (Fsp3) is 0.400. The van der Waals surface area contributed by atoms with E-state index >= 15 is 0 Å². The fourth-order valence-electron chi connectivity index (χ4n) is 1.64. The van der Waals surface area contributed by atoms with Crippen molar-refractivity contribution in [3.8, 4) is 5.75 Å². The van der Waals surface area contributed by atoms with Crippen molar-refractivity contribution in [3.63, 3.8) is 0 Å². The van der Waals surface area contributed by atoms with Crippen LogP contribution in [0.15, 0.2) is 24.3 Å². The maximum atomic E-state index is 9.32. The second kappa shape index (κ2) is 3.26. The third-order valence-electron chi connectivity index (χ3n) is 2.38.